The normalized spacial score (nSPS) is 10.2. The lowest BCUT2D eigenvalue weighted by Crippen LogP contribution is -2.23. The third-order valence-corrected chi connectivity index (χ3v) is 3.60. The van der Waals surface area contributed by atoms with Crippen LogP contribution in [0.5, 0.6) is 0 Å². The van der Waals surface area contributed by atoms with Gasteiger partial charge >= 0.3 is 0 Å². The number of rotatable bonds is 6. The molecular weight excluding hydrogens is 290 g/mol. The fraction of sp³-hybridized carbons (Fsp3) is 0.222. The molecule has 2 amide bonds. The molecule has 5 nitrogen and oxygen atoms in total. The summed E-state index contributed by atoms with van der Waals surface area (Å²) in [7, 11) is 0. The molecule has 0 heterocycles. The van der Waals surface area contributed by atoms with Crippen LogP contribution in [0.15, 0.2) is 42.5 Å². The van der Waals surface area contributed by atoms with Gasteiger partial charge in [0.2, 0.25) is 11.8 Å². The van der Waals surface area contributed by atoms with E-state index in [-0.39, 0.29) is 12.5 Å². The van der Waals surface area contributed by atoms with E-state index in [4.69, 9.17) is 5.73 Å². The lowest BCUT2D eigenvalue weighted by atomic mass is 10.1. The van der Waals surface area contributed by atoms with Crippen molar-refractivity contribution in [3.05, 3.63) is 59.2 Å². The zero-order chi connectivity index (χ0) is 16.8. The van der Waals surface area contributed by atoms with Crippen LogP contribution in [0.2, 0.25) is 0 Å². The van der Waals surface area contributed by atoms with Crippen molar-refractivity contribution in [3.8, 4) is 0 Å². The molecular formula is C18H21N3O2. The Bertz CT molecular complexity index is 726. The summed E-state index contributed by atoms with van der Waals surface area (Å²) in [6.45, 7) is 4.14. The summed E-state index contributed by atoms with van der Waals surface area (Å²) in [6, 6.07) is 12.7. The van der Waals surface area contributed by atoms with Gasteiger partial charge in [-0.25, -0.2) is 0 Å². The molecule has 0 saturated carbocycles. The molecule has 0 aliphatic heterocycles. The molecule has 0 aromatic heterocycles. The molecule has 0 aliphatic rings. The van der Waals surface area contributed by atoms with Gasteiger partial charge in [-0.05, 0) is 42.7 Å². The Labute approximate surface area is 135 Å². The number of primary amides is 1. The zero-order valence-corrected chi connectivity index (χ0v) is 13.3. The van der Waals surface area contributed by atoms with E-state index in [0.717, 1.165) is 23.2 Å². The highest BCUT2D eigenvalue weighted by Crippen LogP contribution is 2.21. The van der Waals surface area contributed by atoms with Crippen molar-refractivity contribution in [1.82, 2.24) is 0 Å². The first-order valence-corrected chi connectivity index (χ1v) is 7.53. The SMILES string of the molecule is CCc1cccc(C)c1NC(=O)CNc1cccc(C(N)=O)c1. The molecule has 0 atom stereocenters. The van der Waals surface area contributed by atoms with Crippen LogP contribution in [0.25, 0.3) is 0 Å². The molecule has 0 spiro atoms. The van der Waals surface area contributed by atoms with Crippen LogP contribution in [0, 0.1) is 6.92 Å². The number of carbonyl (C=O) groups excluding carboxylic acids is 2. The smallest absolute Gasteiger partial charge is 0.248 e. The van der Waals surface area contributed by atoms with E-state index in [1.165, 1.54) is 0 Å². The van der Waals surface area contributed by atoms with Crippen molar-refractivity contribution in [2.75, 3.05) is 17.2 Å². The summed E-state index contributed by atoms with van der Waals surface area (Å²) in [6.07, 6.45) is 0.853. The van der Waals surface area contributed by atoms with E-state index >= 15 is 0 Å². The van der Waals surface area contributed by atoms with E-state index in [0.29, 0.717) is 11.3 Å². The first-order chi connectivity index (χ1) is 11.0. The number of benzene rings is 2. The van der Waals surface area contributed by atoms with Crippen LogP contribution in [0.1, 0.15) is 28.4 Å². The van der Waals surface area contributed by atoms with Gasteiger partial charge in [-0.1, -0.05) is 31.2 Å². The summed E-state index contributed by atoms with van der Waals surface area (Å²) in [5.41, 5.74) is 9.34. The van der Waals surface area contributed by atoms with E-state index in [1.54, 1.807) is 24.3 Å². The summed E-state index contributed by atoms with van der Waals surface area (Å²) in [4.78, 5) is 23.3. The summed E-state index contributed by atoms with van der Waals surface area (Å²) < 4.78 is 0. The minimum Gasteiger partial charge on any atom is -0.376 e. The van der Waals surface area contributed by atoms with E-state index < -0.39 is 5.91 Å². The van der Waals surface area contributed by atoms with Gasteiger partial charge in [0, 0.05) is 16.9 Å². The lowest BCUT2D eigenvalue weighted by Gasteiger charge is -2.13. The molecule has 0 saturated heterocycles. The first kappa shape index (κ1) is 16.5. The van der Waals surface area contributed by atoms with Crippen molar-refractivity contribution in [2.24, 2.45) is 5.73 Å². The Morgan fingerprint density at radius 2 is 1.87 bits per heavy atom. The number of para-hydroxylation sites is 1. The van der Waals surface area contributed by atoms with Crippen LogP contribution in [0.4, 0.5) is 11.4 Å². The summed E-state index contributed by atoms with van der Waals surface area (Å²) in [5.74, 6) is -0.635. The molecule has 2 rings (SSSR count). The summed E-state index contributed by atoms with van der Waals surface area (Å²) >= 11 is 0. The predicted octanol–water partition coefficient (Wildman–Crippen LogP) is 2.71. The number of aryl methyl sites for hydroxylation is 2. The Hall–Kier alpha value is -2.82. The molecule has 0 unspecified atom stereocenters. The van der Waals surface area contributed by atoms with Crippen LogP contribution in [-0.4, -0.2) is 18.4 Å². The van der Waals surface area contributed by atoms with E-state index in [1.807, 2.05) is 25.1 Å². The first-order valence-electron chi connectivity index (χ1n) is 7.53. The second-order valence-electron chi connectivity index (χ2n) is 5.31. The predicted molar refractivity (Wildman–Crippen MR) is 92.6 cm³/mol. The van der Waals surface area contributed by atoms with Gasteiger partial charge in [-0.3, -0.25) is 9.59 Å². The van der Waals surface area contributed by atoms with Crippen LogP contribution in [-0.2, 0) is 11.2 Å². The van der Waals surface area contributed by atoms with Crippen LogP contribution >= 0.6 is 0 Å². The molecule has 120 valence electrons. The maximum Gasteiger partial charge on any atom is 0.248 e. The van der Waals surface area contributed by atoms with Crippen molar-refractivity contribution in [3.63, 3.8) is 0 Å². The number of anilines is 2. The maximum absolute atomic E-state index is 12.2. The van der Waals surface area contributed by atoms with Gasteiger partial charge < -0.3 is 16.4 Å². The zero-order valence-electron chi connectivity index (χ0n) is 13.3. The highest BCUT2D eigenvalue weighted by Gasteiger charge is 2.09. The van der Waals surface area contributed by atoms with Gasteiger partial charge in [0.1, 0.15) is 0 Å². The number of amides is 2. The molecule has 2 aromatic rings. The molecule has 4 N–H and O–H groups in total. The minimum atomic E-state index is -0.495. The molecule has 0 bridgehead atoms. The standard InChI is InChI=1S/C18H21N3O2/c1-3-13-7-4-6-12(2)17(13)21-16(22)11-20-15-9-5-8-14(10-15)18(19)23/h4-10,20H,3,11H2,1-2H3,(H2,19,23)(H,21,22). The van der Waals surface area contributed by atoms with Crippen molar-refractivity contribution in [2.45, 2.75) is 20.3 Å². The Kier molecular flexibility index (Phi) is 5.36. The number of nitrogens with two attached hydrogens (primary N) is 1. The molecule has 2 aromatic carbocycles. The van der Waals surface area contributed by atoms with Gasteiger partial charge in [-0.15, -0.1) is 0 Å². The average molecular weight is 311 g/mol. The second-order valence-corrected chi connectivity index (χ2v) is 5.31. The number of nitrogens with one attached hydrogen (secondary N) is 2. The fourth-order valence-electron chi connectivity index (χ4n) is 2.35. The fourth-order valence-corrected chi connectivity index (χ4v) is 2.35. The molecule has 0 fully saturated rings. The largest absolute Gasteiger partial charge is 0.376 e. The Morgan fingerprint density at radius 1 is 1.13 bits per heavy atom. The molecule has 0 aliphatic carbocycles. The topological polar surface area (TPSA) is 84.2 Å². The van der Waals surface area contributed by atoms with Gasteiger partial charge in [0.05, 0.1) is 6.54 Å². The summed E-state index contributed by atoms with van der Waals surface area (Å²) in [5, 5.41) is 5.94. The number of hydrogen-bond acceptors (Lipinski definition) is 3. The third kappa shape index (κ3) is 4.32. The molecule has 5 heteroatoms. The Balaban J connectivity index is 2.01. The second kappa shape index (κ2) is 7.45. The van der Waals surface area contributed by atoms with E-state index in [2.05, 4.69) is 17.6 Å². The minimum absolute atomic E-state index is 0.111. The van der Waals surface area contributed by atoms with Gasteiger partial charge in [-0.2, -0.15) is 0 Å². The quantitative estimate of drug-likeness (QED) is 0.767. The third-order valence-electron chi connectivity index (χ3n) is 3.60. The maximum atomic E-state index is 12.2. The van der Waals surface area contributed by atoms with Crippen LogP contribution < -0.4 is 16.4 Å². The van der Waals surface area contributed by atoms with E-state index in [9.17, 15) is 9.59 Å². The molecule has 23 heavy (non-hydrogen) atoms. The van der Waals surface area contributed by atoms with Crippen LogP contribution in [0.3, 0.4) is 0 Å². The number of carbonyl (C=O) groups is 2. The van der Waals surface area contributed by atoms with Gasteiger partial charge in [0.15, 0.2) is 0 Å². The average Bonchev–Trinajstić information content (AvgIpc) is 2.55. The van der Waals surface area contributed by atoms with Crippen molar-refractivity contribution >= 4 is 23.2 Å². The van der Waals surface area contributed by atoms with Crippen molar-refractivity contribution < 1.29 is 9.59 Å². The monoisotopic (exact) mass is 311 g/mol. The van der Waals surface area contributed by atoms with Crippen molar-refractivity contribution in [1.29, 1.82) is 0 Å². The molecule has 0 radical (unpaired) electrons. The highest BCUT2D eigenvalue weighted by molar-refractivity contribution is 5.96. The highest BCUT2D eigenvalue weighted by atomic mass is 16.2. The van der Waals surface area contributed by atoms with Gasteiger partial charge in [0.25, 0.3) is 0 Å². The number of hydrogen-bond donors (Lipinski definition) is 3. The Morgan fingerprint density at radius 3 is 2.57 bits per heavy atom. The lowest BCUT2D eigenvalue weighted by molar-refractivity contribution is -0.114.